The summed E-state index contributed by atoms with van der Waals surface area (Å²) in [6.45, 7) is 0.405. The summed E-state index contributed by atoms with van der Waals surface area (Å²) in [6, 6.07) is 21.6. The van der Waals surface area contributed by atoms with E-state index < -0.39 is 22.0 Å². The predicted octanol–water partition coefficient (Wildman–Crippen LogP) is 4.55. The number of benzene rings is 3. The van der Waals surface area contributed by atoms with Gasteiger partial charge >= 0.3 is 6.09 Å². The van der Waals surface area contributed by atoms with Crippen molar-refractivity contribution in [3.05, 3.63) is 95.4 Å². The number of nitrogens with one attached hydrogen (secondary N) is 3. The highest BCUT2D eigenvalue weighted by molar-refractivity contribution is 7.95. The Hall–Kier alpha value is -4.15. The minimum Gasteiger partial charge on any atom is -0.447 e. The van der Waals surface area contributed by atoms with E-state index in [9.17, 15) is 18.0 Å². The van der Waals surface area contributed by atoms with Gasteiger partial charge in [-0.25, -0.2) is 13.2 Å². The van der Waals surface area contributed by atoms with E-state index in [2.05, 4.69) is 15.4 Å². The molecule has 2 amide bonds. The molecule has 3 rings (SSSR count). The predicted molar refractivity (Wildman–Crippen MR) is 136 cm³/mol. The van der Waals surface area contributed by atoms with Gasteiger partial charge < -0.3 is 14.8 Å². The van der Waals surface area contributed by atoms with Crippen LogP contribution in [0.1, 0.15) is 15.9 Å². The standard InChI is InChI=1S/C25H25N3O6S/c1-33-15-16-34-25(30)27-23-9-5-8-22(18-23)26-24(29)20-10-12-21(13-11-20)28-35(31,32)17-14-19-6-3-2-4-7-19/h2-14,17-18,28H,15-16H2,1H3,(H,26,29)(H,27,30)/b17-14+. The maximum absolute atomic E-state index is 12.6. The van der Waals surface area contributed by atoms with E-state index >= 15 is 0 Å². The summed E-state index contributed by atoms with van der Waals surface area (Å²) in [5.41, 5.74) is 2.30. The number of ether oxygens (including phenoxy) is 2. The number of carbonyl (C=O) groups is 2. The summed E-state index contributed by atoms with van der Waals surface area (Å²) in [5, 5.41) is 6.38. The number of methoxy groups -OCH3 is 1. The van der Waals surface area contributed by atoms with Crippen molar-refractivity contribution in [1.29, 1.82) is 0 Å². The fraction of sp³-hybridized carbons (Fsp3) is 0.120. The summed E-state index contributed by atoms with van der Waals surface area (Å²) in [7, 11) is -2.22. The molecule has 0 unspecified atom stereocenters. The van der Waals surface area contributed by atoms with Gasteiger partial charge in [0.1, 0.15) is 6.61 Å². The lowest BCUT2D eigenvalue weighted by atomic mass is 10.2. The van der Waals surface area contributed by atoms with Gasteiger partial charge in [0.05, 0.1) is 12.0 Å². The van der Waals surface area contributed by atoms with Crippen LogP contribution >= 0.6 is 0 Å². The third-order valence-corrected chi connectivity index (χ3v) is 5.55. The summed E-state index contributed by atoms with van der Waals surface area (Å²) in [6.07, 6.45) is 0.856. The van der Waals surface area contributed by atoms with Crippen LogP contribution in [0.5, 0.6) is 0 Å². The van der Waals surface area contributed by atoms with Crippen molar-refractivity contribution in [2.24, 2.45) is 0 Å². The Kier molecular flexibility index (Phi) is 8.99. The lowest BCUT2D eigenvalue weighted by molar-refractivity contribution is 0.102. The lowest BCUT2D eigenvalue weighted by Gasteiger charge is -2.10. The zero-order valence-electron chi connectivity index (χ0n) is 18.9. The summed E-state index contributed by atoms with van der Waals surface area (Å²) >= 11 is 0. The molecule has 9 nitrogen and oxygen atoms in total. The topological polar surface area (TPSA) is 123 Å². The number of sulfonamides is 1. The molecule has 35 heavy (non-hydrogen) atoms. The van der Waals surface area contributed by atoms with Crippen LogP contribution in [-0.2, 0) is 19.5 Å². The Labute approximate surface area is 203 Å². The quantitative estimate of drug-likeness (QED) is 0.355. The molecule has 10 heteroatoms. The van der Waals surface area contributed by atoms with Gasteiger partial charge in [-0.1, -0.05) is 36.4 Å². The van der Waals surface area contributed by atoms with Crippen molar-refractivity contribution in [1.82, 2.24) is 0 Å². The van der Waals surface area contributed by atoms with E-state index in [0.29, 0.717) is 22.6 Å². The minimum absolute atomic E-state index is 0.119. The molecule has 0 aromatic heterocycles. The minimum atomic E-state index is -3.72. The largest absolute Gasteiger partial charge is 0.447 e. The smallest absolute Gasteiger partial charge is 0.411 e. The number of hydrogen-bond donors (Lipinski definition) is 3. The van der Waals surface area contributed by atoms with Crippen LogP contribution in [0.4, 0.5) is 21.9 Å². The molecule has 0 heterocycles. The van der Waals surface area contributed by atoms with Crippen molar-refractivity contribution in [3.8, 4) is 0 Å². The van der Waals surface area contributed by atoms with E-state index in [-0.39, 0.29) is 13.2 Å². The van der Waals surface area contributed by atoms with E-state index in [1.165, 1.54) is 37.5 Å². The summed E-state index contributed by atoms with van der Waals surface area (Å²) in [4.78, 5) is 24.3. The molecule has 182 valence electrons. The van der Waals surface area contributed by atoms with Gasteiger partial charge in [0.25, 0.3) is 15.9 Å². The van der Waals surface area contributed by atoms with Gasteiger partial charge in [0.15, 0.2) is 0 Å². The molecule has 0 fully saturated rings. The summed E-state index contributed by atoms with van der Waals surface area (Å²) < 4.78 is 36.8. The van der Waals surface area contributed by atoms with Gasteiger partial charge in [0.2, 0.25) is 0 Å². The lowest BCUT2D eigenvalue weighted by Crippen LogP contribution is -2.17. The Balaban J connectivity index is 1.57. The van der Waals surface area contributed by atoms with Crippen LogP contribution in [0.25, 0.3) is 6.08 Å². The second kappa shape index (κ2) is 12.4. The molecule has 0 aliphatic carbocycles. The second-order valence-corrected chi connectivity index (χ2v) is 8.79. The van der Waals surface area contributed by atoms with Crippen LogP contribution in [0, 0.1) is 0 Å². The first-order valence-corrected chi connectivity index (χ1v) is 12.1. The van der Waals surface area contributed by atoms with Crippen LogP contribution in [0.3, 0.4) is 0 Å². The van der Waals surface area contributed by atoms with E-state index in [4.69, 9.17) is 9.47 Å². The van der Waals surface area contributed by atoms with Crippen molar-refractivity contribution < 1.29 is 27.5 Å². The first-order valence-electron chi connectivity index (χ1n) is 10.5. The second-order valence-electron chi connectivity index (χ2n) is 7.23. The highest BCUT2D eigenvalue weighted by atomic mass is 32.2. The Bertz CT molecular complexity index is 1280. The molecule has 3 N–H and O–H groups in total. The van der Waals surface area contributed by atoms with Crippen molar-refractivity contribution >= 4 is 45.2 Å². The first-order chi connectivity index (χ1) is 16.8. The van der Waals surface area contributed by atoms with Crippen LogP contribution < -0.4 is 15.4 Å². The number of anilines is 3. The Morgan fingerprint density at radius 2 is 1.51 bits per heavy atom. The normalized spacial score (nSPS) is 11.1. The number of hydrogen-bond acceptors (Lipinski definition) is 6. The van der Waals surface area contributed by atoms with Crippen LogP contribution in [0.2, 0.25) is 0 Å². The van der Waals surface area contributed by atoms with Gasteiger partial charge in [-0.05, 0) is 54.1 Å². The molecule has 0 aliphatic rings. The SMILES string of the molecule is COCCOC(=O)Nc1cccc(NC(=O)c2ccc(NS(=O)(=O)/C=C/c3ccccc3)cc2)c1. The van der Waals surface area contributed by atoms with Crippen LogP contribution in [0.15, 0.2) is 84.3 Å². The molecule has 0 bridgehead atoms. The van der Waals surface area contributed by atoms with Crippen molar-refractivity contribution in [2.75, 3.05) is 35.7 Å². The van der Waals surface area contributed by atoms with E-state index in [1.807, 2.05) is 18.2 Å². The van der Waals surface area contributed by atoms with Crippen molar-refractivity contribution in [3.63, 3.8) is 0 Å². The number of carbonyl (C=O) groups excluding carboxylic acids is 2. The molecule has 3 aromatic carbocycles. The van der Waals surface area contributed by atoms with Crippen molar-refractivity contribution in [2.45, 2.75) is 0 Å². The molecule has 3 aromatic rings. The Morgan fingerprint density at radius 1 is 0.829 bits per heavy atom. The zero-order valence-corrected chi connectivity index (χ0v) is 19.7. The highest BCUT2D eigenvalue weighted by Gasteiger charge is 2.10. The third kappa shape index (κ3) is 8.61. The molecule has 0 spiro atoms. The first kappa shape index (κ1) is 25.5. The Morgan fingerprint density at radius 3 is 2.20 bits per heavy atom. The fourth-order valence-electron chi connectivity index (χ4n) is 2.87. The third-order valence-electron chi connectivity index (χ3n) is 4.53. The highest BCUT2D eigenvalue weighted by Crippen LogP contribution is 2.18. The molecule has 0 atom stereocenters. The maximum atomic E-state index is 12.6. The zero-order chi connectivity index (χ0) is 25.1. The average molecular weight is 496 g/mol. The number of amides is 2. The molecule has 0 saturated carbocycles. The fourth-order valence-corrected chi connectivity index (χ4v) is 3.74. The van der Waals surface area contributed by atoms with Gasteiger partial charge in [-0.2, -0.15) is 0 Å². The van der Waals surface area contributed by atoms with Gasteiger partial charge in [-0.15, -0.1) is 0 Å². The van der Waals surface area contributed by atoms with Gasteiger partial charge in [0, 0.05) is 29.7 Å². The summed E-state index contributed by atoms with van der Waals surface area (Å²) in [5.74, 6) is -0.400. The average Bonchev–Trinajstić information content (AvgIpc) is 2.84. The van der Waals surface area contributed by atoms with Gasteiger partial charge in [-0.3, -0.25) is 14.8 Å². The molecular formula is C25H25N3O6S. The molecule has 0 radical (unpaired) electrons. The van der Waals surface area contributed by atoms with E-state index in [0.717, 1.165) is 11.0 Å². The van der Waals surface area contributed by atoms with E-state index in [1.54, 1.807) is 36.4 Å². The monoisotopic (exact) mass is 495 g/mol. The maximum Gasteiger partial charge on any atom is 0.411 e. The molecule has 0 aliphatic heterocycles. The molecule has 0 saturated heterocycles. The molecular weight excluding hydrogens is 470 g/mol. The number of rotatable bonds is 10. The van der Waals surface area contributed by atoms with Crippen LogP contribution in [-0.4, -0.2) is 40.7 Å².